The van der Waals surface area contributed by atoms with Crippen molar-refractivity contribution in [3.8, 4) is 0 Å². The Kier molecular flexibility index (Phi) is 3.07. The first kappa shape index (κ1) is 10.4. The van der Waals surface area contributed by atoms with Gasteiger partial charge >= 0.3 is 0 Å². The lowest BCUT2D eigenvalue weighted by Gasteiger charge is -2.15. The predicted molar refractivity (Wildman–Crippen MR) is 63.7 cm³/mol. The van der Waals surface area contributed by atoms with E-state index in [4.69, 9.17) is 5.73 Å². The highest BCUT2D eigenvalue weighted by Crippen LogP contribution is 2.34. The Morgan fingerprint density at radius 3 is 2.64 bits per heavy atom. The zero-order valence-corrected chi connectivity index (χ0v) is 10.00. The molecule has 1 nitrogen and oxygen atoms in total. The van der Waals surface area contributed by atoms with Crippen LogP contribution in [0.5, 0.6) is 0 Å². The van der Waals surface area contributed by atoms with Crippen LogP contribution in [-0.4, -0.2) is 6.04 Å². The normalized spacial score (nSPS) is 26.8. The smallest absolute Gasteiger partial charge is 0.124 e. The molecule has 2 N–H and O–H groups in total. The number of hydrogen-bond donors (Lipinski definition) is 1. The van der Waals surface area contributed by atoms with Crippen molar-refractivity contribution in [1.29, 1.82) is 0 Å². The molecule has 76 valence electrons. The fourth-order valence-corrected chi connectivity index (χ4v) is 2.85. The summed E-state index contributed by atoms with van der Waals surface area (Å²) in [5.74, 6) is 0.213. The zero-order chi connectivity index (χ0) is 10.1. The second-order valence-electron chi connectivity index (χ2n) is 3.90. The third kappa shape index (κ3) is 2.08. The van der Waals surface area contributed by atoms with Crippen molar-refractivity contribution in [2.45, 2.75) is 31.2 Å². The molecule has 3 heteroatoms. The number of benzene rings is 1. The molecule has 0 saturated heterocycles. The van der Waals surface area contributed by atoms with E-state index in [1.807, 2.05) is 6.07 Å². The third-order valence-corrected chi connectivity index (χ3v) is 3.51. The van der Waals surface area contributed by atoms with Crippen LogP contribution < -0.4 is 5.73 Å². The van der Waals surface area contributed by atoms with Gasteiger partial charge in [0.2, 0.25) is 0 Å². The van der Waals surface area contributed by atoms with E-state index >= 15 is 0 Å². The fraction of sp³-hybridized carbons (Fsp3) is 0.455. The molecule has 1 aromatic rings. The van der Waals surface area contributed by atoms with Crippen molar-refractivity contribution in [2.75, 3.05) is 0 Å². The lowest BCUT2D eigenvalue weighted by atomic mass is 9.95. The van der Waals surface area contributed by atoms with Crippen molar-refractivity contribution in [1.82, 2.24) is 0 Å². The molecule has 1 aromatic carbocycles. The summed E-state index contributed by atoms with van der Waals surface area (Å²) in [6.45, 7) is 0. The summed E-state index contributed by atoms with van der Waals surface area (Å²) in [4.78, 5) is 0. The fourth-order valence-electron chi connectivity index (χ4n) is 2.19. The molecule has 0 bridgehead atoms. The van der Waals surface area contributed by atoms with Crippen LogP contribution >= 0.6 is 22.6 Å². The van der Waals surface area contributed by atoms with Gasteiger partial charge in [0.15, 0.2) is 0 Å². The van der Waals surface area contributed by atoms with Gasteiger partial charge in [-0.15, -0.1) is 0 Å². The third-order valence-electron chi connectivity index (χ3n) is 2.88. The van der Waals surface area contributed by atoms with Gasteiger partial charge in [0.05, 0.1) is 0 Å². The maximum Gasteiger partial charge on any atom is 0.124 e. The summed E-state index contributed by atoms with van der Waals surface area (Å²) in [6.07, 6.45) is 3.33. The molecule has 0 spiro atoms. The van der Waals surface area contributed by atoms with Gasteiger partial charge in [0, 0.05) is 9.61 Å². The molecule has 2 unspecified atom stereocenters. The summed E-state index contributed by atoms with van der Waals surface area (Å²) in [5, 5.41) is 0. The molecule has 0 radical (unpaired) electrons. The maximum atomic E-state index is 13.2. The Hall–Kier alpha value is -0.160. The highest BCUT2D eigenvalue weighted by molar-refractivity contribution is 14.1. The average molecular weight is 305 g/mol. The summed E-state index contributed by atoms with van der Waals surface area (Å²) in [5.41, 5.74) is 7.06. The zero-order valence-electron chi connectivity index (χ0n) is 7.84. The summed E-state index contributed by atoms with van der Waals surface area (Å²) >= 11 is 2.14. The number of rotatable bonds is 1. The van der Waals surface area contributed by atoms with Crippen LogP contribution in [0.3, 0.4) is 0 Å². The van der Waals surface area contributed by atoms with Gasteiger partial charge in [-0.1, -0.05) is 6.42 Å². The van der Waals surface area contributed by atoms with Crippen molar-refractivity contribution in [3.63, 3.8) is 0 Å². The molecule has 1 fully saturated rings. The maximum absolute atomic E-state index is 13.2. The van der Waals surface area contributed by atoms with E-state index in [1.54, 1.807) is 12.1 Å². The van der Waals surface area contributed by atoms with Gasteiger partial charge in [-0.05, 0) is 65.1 Å². The minimum Gasteiger partial charge on any atom is -0.327 e. The molecule has 2 rings (SSSR count). The van der Waals surface area contributed by atoms with Crippen LogP contribution in [0.25, 0.3) is 0 Å². The van der Waals surface area contributed by atoms with E-state index in [0.29, 0.717) is 5.92 Å². The van der Waals surface area contributed by atoms with Gasteiger partial charge in [0.1, 0.15) is 5.82 Å². The molecule has 0 aliphatic heterocycles. The monoisotopic (exact) mass is 305 g/mol. The van der Waals surface area contributed by atoms with Crippen LogP contribution in [0, 0.1) is 9.39 Å². The van der Waals surface area contributed by atoms with Crippen molar-refractivity contribution < 1.29 is 4.39 Å². The first-order valence-electron chi connectivity index (χ1n) is 4.88. The Bertz CT molecular complexity index is 320. The Morgan fingerprint density at radius 2 is 2.07 bits per heavy atom. The van der Waals surface area contributed by atoms with Crippen molar-refractivity contribution in [3.05, 3.63) is 33.1 Å². The van der Waals surface area contributed by atoms with Crippen LogP contribution in [0.4, 0.5) is 4.39 Å². The topological polar surface area (TPSA) is 26.0 Å². The van der Waals surface area contributed by atoms with Crippen LogP contribution in [0.15, 0.2) is 18.2 Å². The average Bonchev–Trinajstić information content (AvgIpc) is 2.49. The molecule has 14 heavy (non-hydrogen) atoms. The van der Waals surface area contributed by atoms with Gasteiger partial charge < -0.3 is 5.73 Å². The van der Waals surface area contributed by atoms with Gasteiger partial charge in [-0.3, -0.25) is 0 Å². The van der Waals surface area contributed by atoms with Crippen molar-refractivity contribution >= 4 is 22.6 Å². The molecule has 1 aliphatic carbocycles. The van der Waals surface area contributed by atoms with E-state index in [1.165, 1.54) is 6.42 Å². The molecule has 1 saturated carbocycles. The van der Waals surface area contributed by atoms with E-state index in [9.17, 15) is 4.39 Å². The van der Waals surface area contributed by atoms with Crippen molar-refractivity contribution in [2.24, 2.45) is 5.73 Å². The highest BCUT2D eigenvalue weighted by Gasteiger charge is 2.25. The minimum atomic E-state index is -0.147. The predicted octanol–water partition coefficient (Wildman–Crippen LogP) is 3.03. The molecular weight excluding hydrogens is 292 g/mol. The molecule has 0 amide bonds. The first-order chi connectivity index (χ1) is 6.66. The van der Waals surface area contributed by atoms with E-state index in [2.05, 4.69) is 22.6 Å². The molecule has 0 aromatic heterocycles. The number of hydrogen-bond acceptors (Lipinski definition) is 1. The Labute approximate surface area is 97.0 Å². The van der Waals surface area contributed by atoms with E-state index in [-0.39, 0.29) is 11.9 Å². The van der Waals surface area contributed by atoms with Crippen LogP contribution in [0.2, 0.25) is 0 Å². The van der Waals surface area contributed by atoms with Crippen LogP contribution in [-0.2, 0) is 0 Å². The molecule has 0 heterocycles. The van der Waals surface area contributed by atoms with Gasteiger partial charge in [0.25, 0.3) is 0 Å². The number of halogens is 2. The largest absolute Gasteiger partial charge is 0.327 e. The Balaban J connectivity index is 2.31. The molecule has 2 atom stereocenters. The first-order valence-corrected chi connectivity index (χ1v) is 5.96. The van der Waals surface area contributed by atoms with Gasteiger partial charge in [-0.25, -0.2) is 4.39 Å². The molecular formula is C11H13FIN. The lowest BCUT2D eigenvalue weighted by Crippen LogP contribution is -2.22. The van der Waals surface area contributed by atoms with Crippen LogP contribution in [0.1, 0.15) is 30.7 Å². The highest BCUT2D eigenvalue weighted by atomic mass is 127. The minimum absolute atomic E-state index is 0.147. The summed E-state index contributed by atoms with van der Waals surface area (Å²) in [7, 11) is 0. The summed E-state index contributed by atoms with van der Waals surface area (Å²) < 4.78 is 14.1. The standard InChI is InChI=1S/C11H13FIN/c12-8-4-7(5-9(13)6-8)10-2-1-3-11(10)14/h4-6,10-11H,1-3,14H2. The lowest BCUT2D eigenvalue weighted by molar-refractivity contribution is 0.593. The van der Waals surface area contributed by atoms with E-state index in [0.717, 1.165) is 22.0 Å². The summed E-state index contributed by atoms with van der Waals surface area (Å²) in [6, 6.07) is 5.43. The second kappa shape index (κ2) is 4.14. The number of nitrogens with two attached hydrogens (primary N) is 1. The van der Waals surface area contributed by atoms with Gasteiger partial charge in [-0.2, -0.15) is 0 Å². The SMILES string of the molecule is NC1CCCC1c1cc(F)cc(I)c1. The quantitative estimate of drug-likeness (QED) is 0.793. The molecule has 1 aliphatic rings. The van der Waals surface area contributed by atoms with E-state index < -0.39 is 0 Å². The Morgan fingerprint density at radius 1 is 1.29 bits per heavy atom. The second-order valence-corrected chi connectivity index (χ2v) is 5.15.